The molecule has 2 aliphatic rings. The lowest BCUT2D eigenvalue weighted by Gasteiger charge is -2.30. The van der Waals surface area contributed by atoms with Gasteiger partial charge in [0.1, 0.15) is 11.5 Å². The van der Waals surface area contributed by atoms with Gasteiger partial charge in [-0.05, 0) is 69.7 Å². The van der Waals surface area contributed by atoms with E-state index in [1.165, 1.54) is 6.07 Å². The first-order valence-corrected chi connectivity index (χ1v) is 14.1. The van der Waals surface area contributed by atoms with E-state index in [0.717, 1.165) is 30.6 Å². The lowest BCUT2D eigenvalue weighted by molar-refractivity contribution is 0.561. The van der Waals surface area contributed by atoms with Crippen LogP contribution in [0.1, 0.15) is 27.2 Å². The van der Waals surface area contributed by atoms with Crippen molar-refractivity contribution in [2.24, 2.45) is 0 Å². The Bertz CT molecular complexity index is 1630. The molecule has 0 aliphatic carbocycles. The number of hydrogen-bond acceptors (Lipinski definition) is 7. The zero-order valence-electron chi connectivity index (χ0n) is 21.4. The zero-order valence-corrected chi connectivity index (χ0v) is 22.3. The fraction of sp³-hybridized carbons (Fsp3) is 0.333. The van der Waals surface area contributed by atoms with Crippen LogP contribution in [-0.4, -0.2) is 52.9 Å². The Morgan fingerprint density at radius 2 is 1.95 bits per heavy atom. The molecule has 2 atom stereocenters. The van der Waals surface area contributed by atoms with Crippen LogP contribution in [0.5, 0.6) is 0 Å². The van der Waals surface area contributed by atoms with Crippen LogP contribution >= 0.6 is 0 Å². The molecule has 0 spiro atoms. The summed E-state index contributed by atoms with van der Waals surface area (Å²) in [5, 5.41) is 7.37. The van der Waals surface area contributed by atoms with E-state index < -0.39 is 14.8 Å². The fourth-order valence-corrected chi connectivity index (χ4v) is 5.76. The Kier molecular flexibility index (Phi) is 5.80. The highest BCUT2D eigenvalue weighted by Crippen LogP contribution is 2.33. The Hall–Kier alpha value is -3.70. The smallest absolute Gasteiger partial charge is 0.237 e. The number of halogens is 1. The monoisotopic (exact) mass is 535 g/mol. The highest BCUT2D eigenvalue weighted by Gasteiger charge is 2.38. The van der Waals surface area contributed by atoms with E-state index in [4.69, 9.17) is 0 Å². The molecule has 2 aliphatic heterocycles. The molecule has 2 aromatic carbocycles. The third kappa shape index (κ3) is 4.45. The van der Waals surface area contributed by atoms with Gasteiger partial charge in [-0.2, -0.15) is 4.98 Å². The van der Waals surface area contributed by atoms with Gasteiger partial charge >= 0.3 is 0 Å². The predicted molar refractivity (Wildman–Crippen MR) is 148 cm³/mol. The van der Waals surface area contributed by atoms with Crippen molar-refractivity contribution in [3.05, 3.63) is 66.7 Å². The quantitative estimate of drug-likeness (QED) is 0.336. The normalized spacial score (nSPS) is 19.3. The molecule has 0 saturated carbocycles. The Labute approximate surface area is 221 Å². The van der Waals surface area contributed by atoms with Crippen molar-refractivity contribution in [3.63, 3.8) is 0 Å². The van der Waals surface area contributed by atoms with Gasteiger partial charge in [0.15, 0.2) is 0 Å². The molecule has 4 aromatic rings. The third-order valence-corrected chi connectivity index (χ3v) is 9.30. The van der Waals surface area contributed by atoms with Gasteiger partial charge in [0.05, 0.1) is 16.1 Å². The Morgan fingerprint density at radius 3 is 2.66 bits per heavy atom. The van der Waals surface area contributed by atoms with Crippen LogP contribution < -0.4 is 20.3 Å². The molecule has 0 radical (unpaired) electrons. The molecular formula is C27H30FN7O2S. The fourth-order valence-electron chi connectivity index (χ4n) is 5.02. The molecule has 2 aromatic heterocycles. The summed E-state index contributed by atoms with van der Waals surface area (Å²) in [5.41, 5.74) is 3.02. The first-order valence-electron chi connectivity index (χ1n) is 12.6. The minimum atomic E-state index is -3.57. The number of aromatic nitrogens is 3. The number of fused-ring (bicyclic) bond motifs is 3. The van der Waals surface area contributed by atoms with Gasteiger partial charge < -0.3 is 20.1 Å². The molecule has 11 heteroatoms. The van der Waals surface area contributed by atoms with E-state index in [0.29, 0.717) is 40.7 Å². The van der Waals surface area contributed by atoms with Gasteiger partial charge in [-0.1, -0.05) is 6.07 Å². The third-order valence-electron chi connectivity index (χ3n) is 7.18. The van der Waals surface area contributed by atoms with Crippen LogP contribution in [0.25, 0.3) is 16.7 Å². The molecule has 2 bridgehead atoms. The lowest BCUT2D eigenvalue weighted by Crippen LogP contribution is -2.43. The van der Waals surface area contributed by atoms with Gasteiger partial charge in [0.2, 0.25) is 16.0 Å². The topological polar surface area (TPSA) is 104 Å². The van der Waals surface area contributed by atoms with Crippen LogP contribution in [-0.2, 0) is 10.0 Å². The van der Waals surface area contributed by atoms with E-state index in [-0.39, 0.29) is 5.82 Å². The SMILES string of the molecule is CC(C)(C)S(=O)(=O)Nc1cccc(-n2ccc3cnc(Nc4ccc(N5CC6CC5CN6)c(F)c4)nc32)c1. The minimum Gasteiger partial charge on any atom is -0.363 e. The molecule has 2 fully saturated rings. The maximum atomic E-state index is 15.1. The van der Waals surface area contributed by atoms with E-state index >= 15 is 4.39 Å². The number of nitrogens with one attached hydrogen (secondary N) is 3. The molecule has 0 amide bonds. The first kappa shape index (κ1) is 24.6. The number of nitrogens with zero attached hydrogens (tertiary/aromatic N) is 4. The number of hydrogen-bond donors (Lipinski definition) is 3. The number of benzene rings is 2. The molecule has 6 rings (SSSR count). The highest BCUT2D eigenvalue weighted by molar-refractivity contribution is 7.94. The first-order chi connectivity index (χ1) is 18.1. The number of anilines is 4. The molecule has 2 unspecified atom stereocenters. The standard InChI is InChI=1S/C27H30FN7O2S/c1-27(2,3)38(36,37)33-19-5-4-6-21(11-19)34-10-9-17-14-30-26(32-25(17)34)31-18-7-8-24(23(28)13-18)35-16-20-12-22(35)15-29-20/h4-11,13-14,20,22,29,33H,12,15-16H2,1-3H3,(H,30,31,32). The minimum absolute atomic E-state index is 0.276. The van der Waals surface area contributed by atoms with Gasteiger partial charge in [0, 0.05) is 54.3 Å². The maximum absolute atomic E-state index is 15.1. The van der Waals surface area contributed by atoms with Crippen molar-refractivity contribution in [1.29, 1.82) is 0 Å². The number of rotatable bonds is 6. The summed E-state index contributed by atoms with van der Waals surface area (Å²) in [5.74, 6) is 0.0557. The van der Waals surface area contributed by atoms with E-state index in [2.05, 4.69) is 30.2 Å². The van der Waals surface area contributed by atoms with Crippen LogP contribution in [0, 0.1) is 5.82 Å². The summed E-state index contributed by atoms with van der Waals surface area (Å²) >= 11 is 0. The van der Waals surface area contributed by atoms with Gasteiger partial charge in [0.25, 0.3) is 0 Å². The summed E-state index contributed by atoms with van der Waals surface area (Å²) in [6.45, 7) is 6.66. The van der Waals surface area contributed by atoms with E-state index in [9.17, 15) is 8.42 Å². The predicted octanol–water partition coefficient (Wildman–Crippen LogP) is 4.39. The summed E-state index contributed by atoms with van der Waals surface area (Å²) in [7, 11) is -3.57. The summed E-state index contributed by atoms with van der Waals surface area (Å²) in [6.07, 6.45) is 4.61. The zero-order chi connectivity index (χ0) is 26.7. The van der Waals surface area contributed by atoms with Gasteiger partial charge in [-0.15, -0.1) is 0 Å². The average molecular weight is 536 g/mol. The van der Waals surface area contributed by atoms with E-state index in [1.54, 1.807) is 45.2 Å². The van der Waals surface area contributed by atoms with Gasteiger partial charge in [-0.25, -0.2) is 17.8 Å². The molecule has 2 saturated heterocycles. The number of piperazine rings is 1. The van der Waals surface area contributed by atoms with Crippen molar-refractivity contribution in [2.75, 3.05) is 28.0 Å². The molecule has 198 valence electrons. The Morgan fingerprint density at radius 1 is 1.11 bits per heavy atom. The molecule has 9 nitrogen and oxygen atoms in total. The maximum Gasteiger partial charge on any atom is 0.237 e. The highest BCUT2D eigenvalue weighted by atomic mass is 32.2. The Balaban J connectivity index is 1.25. The van der Waals surface area contributed by atoms with Crippen molar-refractivity contribution in [2.45, 2.75) is 44.0 Å². The van der Waals surface area contributed by atoms with Gasteiger partial charge in [-0.3, -0.25) is 4.72 Å². The second-order valence-corrected chi connectivity index (χ2v) is 13.3. The lowest BCUT2D eigenvalue weighted by atomic mass is 10.2. The molecular weight excluding hydrogens is 505 g/mol. The van der Waals surface area contributed by atoms with Crippen molar-refractivity contribution in [1.82, 2.24) is 19.9 Å². The molecule has 3 N–H and O–H groups in total. The van der Waals surface area contributed by atoms with Crippen molar-refractivity contribution in [3.8, 4) is 5.69 Å². The molecule has 38 heavy (non-hydrogen) atoms. The van der Waals surface area contributed by atoms with Crippen LogP contribution in [0.3, 0.4) is 0 Å². The second-order valence-electron chi connectivity index (χ2n) is 10.9. The van der Waals surface area contributed by atoms with Crippen LogP contribution in [0.15, 0.2) is 60.9 Å². The summed E-state index contributed by atoms with van der Waals surface area (Å²) in [6, 6.07) is 14.9. The number of sulfonamides is 1. The van der Waals surface area contributed by atoms with Crippen molar-refractivity contribution >= 4 is 44.1 Å². The van der Waals surface area contributed by atoms with Crippen LogP contribution in [0.4, 0.5) is 27.4 Å². The largest absolute Gasteiger partial charge is 0.363 e. The van der Waals surface area contributed by atoms with Crippen LogP contribution in [0.2, 0.25) is 0 Å². The molecule has 4 heterocycles. The average Bonchev–Trinajstić information content (AvgIpc) is 3.59. The summed E-state index contributed by atoms with van der Waals surface area (Å²) < 4.78 is 43.9. The second kappa shape index (κ2) is 8.95. The van der Waals surface area contributed by atoms with E-state index in [1.807, 2.05) is 35.0 Å². The summed E-state index contributed by atoms with van der Waals surface area (Å²) in [4.78, 5) is 11.2. The van der Waals surface area contributed by atoms with Crippen molar-refractivity contribution < 1.29 is 12.8 Å².